The van der Waals surface area contributed by atoms with Crippen molar-refractivity contribution in [3.05, 3.63) is 48.7 Å². The zero-order valence-electron chi connectivity index (χ0n) is 12.5. The van der Waals surface area contributed by atoms with Gasteiger partial charge < -0.3 is 9.88 Å². The van der Waals surface area contributed by atoms with E-state index in [0.717, 1.165) is 19.6 Å². The first-order valence-electron chi connectivity index (χ1n) is 7.34. The molecule has 5 heteroatoms. The van der Waals surface area contributed by atoms with E-state index in [4.69, 9.17) is 0 Å². The van der Waals surface area contributed by atoms with Gasteiger partial charge >= 0.3 is 0 Å². The van der Waals surface area contributed by atoms with Gasteiger partial charge in [0, 0.05) is 30.3 Å². The second-order valence-electron chi connectivity index (χ2n) is 5.47. The molecule has 1 N–H and O–H groups in total. The molecule has 1 atom stereocenters. The average Bonchev–Trinajstić information content (AvgIpc) is 3.07. The summed E-state index contributed by atoms with van der Waals surface area (Å²) < 4.78 is 4.22. The monoisotopic (exact) mass is 283 g/mol. The summed E-state index contributed by atoms with van der Waals surface area (Å²) in [6.45, 7) is 7.09. The molecule has 0 saturated carbocycles. The predicted molar refractivity (Wildman–Crippen MR) is 84.2 cm³/mol. The minimum Gasteiger partial charge on any atom is -0.344 e. The average molecular weight is 283 g/mol. The van der Waals surface area contributed by atoms with Gasteiger partial charge in [0.1, 0.15) is 12.7 Å². The third-order valence-corrected chi connectivity index (χ3v) is 3.77. The summed E-state index contributed by atoms with van der Waals surface area (Å²) in [4.78, 5) is 3.96. The van der Waals surface area contributed by atoms with Gasteiger partial charge in [0.2, 0.25) is 0 Å². The molecule has 0 aliphatic rings. The number of benzene rings is 1. The predicted octanol–water partition coefficient (Wildman–Crippen LogP) is 2.22. The van der Waals surface area contributed by atoms with Crippen molar-refractivity contribution in [3.63, 3.8) is 0 Å². The number of aryl methyl sites for hydroxylation is 1. The Hall–Kier alpha value is -2.14. The topological polar surface area (TPSA) is 47.7 Å². The highest BCUT2D eigenvalue weighted by molar-refractivity contribution is 5.81. The molecule has 110 valence electrons. The summed E-state index contributed by atoms with van der Waals surface area (Å²) in [5.41, 5.74) is 2.61. The van der Waals surface area contributed by atoms with Gasteiger partial charge in [-0.15, -0.1) is 0 Å². The lowest BCUT2D eigenvalue weighted by Crippen LogP contribution is -2.33. The van der Waals surface area contributed by atoms with Gasteiger partial charge in [0.15, 0.2) is 0 Å². The molecule has 1 aromatic carbocycles. The number of rotatable bonds is 6. The number of fused-ring (bicyclic) bond motifs is 1. The third kappa shape index (κ3) is 3.13. The quantitative estimate of drug-likeness (QED) is 0.754. The molecule has 0 unspecified atom stereocenters. The summed E-state index contributed by atoms with van der Waals surface area (Å²) in [5.74, 6) is 0. The smallest absolute Gasteiger partial charge is 0.137 e. The van der Waals surface area contributed by atoms with E-state index in [0.29, 0.717) is 6.04 Å². The van der Waals surface area contributed by atoms with Crippen LogP contribution in [0.5, 0.6) is 0 Å². The maximum absolute atomic E-state index is 4.13. The van der Waals surface area contributed by atoms with E-state index < -0.39 is 0 Å². The number of para-hydroxylation sites is 1. The standard InChI is InChI=1S/C16H21N5/c1-13(10-20-12-17-11-19-20)18-7-8-21-14(2)9-15-5-3-4-6-16(15)21/h3-6,9,11-13,18H,7-8,10H2,1-2H3/t13-/m1/s1. The van der Waals surface area contributed by atoms with Crippen LogP contribution in [0.3, 0.4) is 0 Å². The van der Waals surface area contributed by atoms with Crippen LogP contribution in [0, 0.1) is 6.92 Å². The highest BCUT2D eigenvalue weighted by Gasteiger charge is 2.06. The van der Waals surface area contributed by atoms with Gasteiger partial charge in [0.25, 0.3) is 0 Å². The van der Waals surface area contributed by atoms with E-state index in [1.165, 1.54) is 16.6 Å². The molecule has 0 radical (unpaired) electrons. The van der Waals surface area contributed by atoms with Crippen molar-refractivity contribution in [2.75, 3.05) is 6.54 Å². The molecule has 0 aliphatic heterocycles. The molecule has 21 heavy (non-hydrogen) atoms. The van der Waals surface area contributed by atoms with E-state index >= 15 is 0 Å². The van der Waals surface area contributed by atoms with Crippen LogP contribution >= 0.6 is 0 Å². The van der Waals surface area contributed by atoms with Crippen molar-refractivity contribution >= 4 is 10.9 Å². The Kier molecular flexibility index (Phi) is 4.01. The Morgan fingerprint density at radius 2 is 2.14 bits per heavy atom. The van der Waals surface area contributed by atoms with Gasteiger partial charge in [-0.05, 0) is 31.4 Å². The van der Waals surface area contributed by atoms with Crippen molar-refractivity contribution < 1.29 is 0 Å². The van der Waals surface area contributed by atoms with Gasteiger partial charge in [-0.3, -0.25) is 4.68 Å². The highest BCUT2D eigenvalue weighted by Crippen LogP contribution is 2.18. The van der Waals surface area contributed by atoms with E-state index in [-0.39, 0.29) is 0 Å². The maximum atomic E-state index is 4.13. The number of nitrogens with one attached hydrogen (secondary N) is 1. The van der Waals surface area contributed by atoms with Gasteiger partial charge in [-0.1, -0.05) is 18.2 Å². The highest BCUT2D eigenvalue weighted by atomic mass is 15.3. The Labute approximate surface area is 124 Å². The first-order valence-corrected chi connectivity index (χ1v) is 7.34. The lowest BCUT2D eigenvalue weighted by molar-refractivity contribution is 0.440. The zero-order chi connectivity index (χ0) is 14.7. The van der Waals surface area contributed by atoms with Crippen LogP contribution in [0.25, 0.3) is 10.9 Å². The number of hydrogen-bond donors (Lipinski definition) is 1. The molecule has 0 spiro atoms. The van der Waals surface area contributed by atoms with Crippen LogP contribution in [-0.2, 0) is 13.1 Å². The fourth-order valence-corrected chi connectivity index (χ4v) is 2.74. The fraction of sp³-hybridized carbons (Fsp3) is 0.375. The van der Waals surface area contributed by atoms with Crippen LogP contribution in [0.15, 0.2) is 43.0 Å². The first kappa shape index (κ1) is 13.8. The number of hydrogen-bond acceptors (Lipinski definition) is 3. The molecular formula is C16H21N5. The summed E-state index contributed by atoms with van der Waals surface area (Å²) in [6, 6.07) is 11.1. The lowest BCUT2D eigenvalue weighted by Gasteiger charge is -2.15. The largest absolute Gasteiger partial charge is 0.344 e. The second kappa shape index (κ2) is 6.10. The maximum Gasteiger partial charge on any atom is 0.137 e. The Bertz CT molecular complexity index is 699. The summed E-state index contributed by atoms with van der Waals surface area (Å²) in [7, 11) is 0. The normalized spacial score (nSPS) is 12.9. The van der Waals surface area contributed by atoms with Crippen molar-refractivity contribution in [2.45, 2.75) is 33.0 Å². The summed E-state index contributed by atoms with van der Waals surface area (Å²) in [5, 5.41) is 8.98. The van der Waals surface area contributed by atoms with Crippen LogP contribution < -0.4 is 5.32 Å². The van der Waals surface area contributed by atoms with E-state index in [1.807, 2.05) is 4.68 Å². The van der Waals surface area contributed by atoms with Crippen molar-refractivity contribution in [1.29, 1.82) is 0 Å². The van der Waals surface area contributed by atoms with Crippen molar-refractivity contribution in [2.24, 2.45) is 0 Å². The SMILES string of the molecule is Cc1cc2ccccc2n1CCN[C@H](C)Cn1cncn1. The second-order valence-corrected chi connectivity index (χ2v) is 5.47. The summed E-state index contributed by atoms with van der Waals surface area (Å²) in [6.07, 6.45) is 3.32. The first-order chi connectivity index (χ1) is 10.2. The molecular weight excluding hydrogens is 262 g/mol. The lowest BCUT2D eigenvalue weighted by atomic mass is 10.2. The van der Waals surface area contributed by atoms with Crippen LogP contribution in [0.2, 0.25) is 0 Å². The molecule has 5 nitrogen and oxygen atoms in total. The minimum atomic E-state index is 0.369. The minimum absolute atomic E-state index is 0.369. The van der Waals surface area contributed by atoms with E-state index in [1.54, 1.807) is 12.7 Å². The Morgan fingerprint density at radius 3 is 2.95 bits per heavy atom. The molecule has 0 bridgehead atoms. The van der Waals surface area contributed by atoms with Gasteiger partial charge in [-0.2, -0.15) is 5.10 Å². The van der Waals surface area contributed by atoms with Crippen molar-refractivity contribution in [3.8, 4) is 0 Å². The molecule has 0 amide bonds. The molecule has 3 aromatic rings. The Balaban J connectivity index is 1.58. The van der Waals surface area contributed by atoms with Gasteiger partial charge in [-0.25, -0.2) is 4.98 Å². The third-order valence-electron chi connectivity index (χ3n) is 3.77. The molecule has 0 saturated heterocycles. The van der Waals surface area contributed by atoms with Gasteiger partial charge in [0.05, 0.1) is 6.54 Å². The zero-order valence-corrected chi connectivity index (χ0v) is 12.5. The van der Waals surface area contributed by atoms with Crippen LogP contribution in [-0.4, -0.2) is 31.9 Å². The number of aromatic nitrogens is 4. The van der Waals surface area contributed by atoms with Crippen LogP contribution in [0.4, 0.5) is 0 Å². The summed E-state index contributed by atoms with van der Waals surface area (Å²) >= 11 is 0. The molecule has 3 rings (SSSR count). The van der Waals surface area contributed by atoms with Crippen molar-refractivity contribution in [1.82, 2.24) is 24.6 Å². The van der Waals surface area contributed by atoms with E-state index in [2.05, 4.69) is 64.1 Å². The molecule has 2 aromatic heterocycles. The molecule has 0 aliphatic carbocycles. The Morgan fingerprint density at radius 1 is 1.29 bits per heavy atom. The fourth-order valence-electron chi connectivity index (χ4n) is 2.74. The molecule has 2 heterocycles. The van der Waals surface area contributed by atoms with E-state index in [9.17, 15) is 0 Å². The molecule has 0 fully saturated rings. The number of nitrogens with zero attached hydrogens (tertiary/aromatic N) is 4. The van der Waals surface area contributed by atoms with Crippen LogP contribution in [0.1, 0.15) is 12.6 Å².